The first-order valence-electron chi connectivity index (χ1n) is 3.80. The van der Waals surface area contributed by atoms with Crippen LogP contribution in [0.5, 0.6) is 0 Å². The largest absolute Gasteiger partial charge is 0.313 e. The lowest BCUT2D eigenvalue weighted by Gasteiger charge is -2.17. The van der Waals surface area contributed by atoms with Gasteiger partial charge in [-0.1, -0.05) is 0 Å². The summed E-state index contributed by atoms with van der Waals surface area (Å²) < 4.78 is 25.4. The van der Waals surface area contributed by atoms with E-state index in [2.05, 4.69) is 4.85 Å². The van der Waals surface area contributed by atoms with Gasteiger partial charge < -0.3 is 4.85 Å². The SMILES string of the molecule is [C-]#[N+]C1CCCC1C(C)(F)F. The molecule has 0 spiro atoms. The Hall–Kier alpha value is -0.650. The van der Waals surface area contributed by atoms with Gasteiger partial charge in [-0.2, -0.15) is 0 Å². The summed E-state index contributed by atoms with van der Waals surface area (Å²) in [5.74, 6) is -3.36. The second-order valence-corrected chi connectivity index (χ2v) is 3.19. The Balaban J connectivity index is 2.66. The molecule has 1 fully saturated rings. The molecule has 0 saturated heterocycles. The lowest BCUT2D eigenvalue weighted by molar-refractivity contribution is -0.0384. The van der Waals surface area contributed by atoms with Crippen LogP contribution in [0.15, 0.2) is 0 Å². The molecule has 0 radical (unpaired) electrons. The third-order valence-corrected chi connectivity index (χ3v) is 2.30. The number of nitrogens with zero attached hydrogens (tertiary/aromatic N) is 1. The summed E-state index contributed by atoms with van der Waals surface area (Å²) >= 11 is 0. The first kappa shape index (κ1) is 8.45. The molecule has 0 aromatic heterocycles. The number of hydrogen-bond donors (Lipinski definition) is 0. The molecule has 0 amide bonds. The highest BCUT2D eigenvalue weighted by atomic mass is 19.3. The van der Waals surface area contributed by atoms with Crippen LogP contribution >= 0.6 is 0 Å². The van der Waals surface area contributed by atoms with Crippen molar-refractivity contribution in [3.8, 4) is 0 Å². The molecule has 0 aliphatic heterocycles. The Morgan fingerprint density at radius 2 is 2.09 bits per heavy atom. The first-order valence-corrected chi connectivity index (χ1v) is 3.80. The standard InChI is InChI=1S/C8H11F2N/c1-8(9,10)6-4-3-5-7(6)11-2/h6-7H,3-5H2,1H3. The van der Waals surface area contributed by atoms with E-state index in [0.717, 1.165) is 13.3 Å². The van der Waals surface area contributed by atoms with Crippen molar-refractivity contribution in [1.82, 2.24) is 0 Å². The highest BCUT2D eigenvalue weighted by molar-refractivity contribution is 4.95. The Labute approximate surface area is 65.2 Å². The normalized spacial score (nSPS) is 31.8. The van der Waals surface area contributed by atoms with Gasteiger partial charge in [-0.05, 0) is 19.8 Å². The van der Waals surface area contributed by atoms with Gasteiger partial charge in [0.05, 0.1) is 5.92 Å². The summed E-state index contributed by atoms with van der Waals surface area (Å²) in [4.78, 5) is 3.21. The van der Waals surface area contributed by atoms with Crippen molar-refractivity contribution < 1.29 is 8.78 Å². The van der Waals surface area contributed by atoms with Crippen LogP contribution in [-0.2, 0) is 0 Å². The van der Waals surface area contributed by atoms with Crippen LogP contribution in [0, 0.1) is 12.5 Å². The van der Waals surface area contributed by atoms with Gasteiger partial charge in [-0.3, -0.25) is 0 Å². The molecule has 0 heterocycles. The summed E-state index contributed by atoms with van der Waals surface area (Å²) in [5.41, 5.74) is 0. The van der Waals surface area contributed by atoms with E-state index in [1.54, 1.807) is 0 Å². The van der Waals surface area contributed by atoms with Crippen molar-refractivity contribution >= 4 is 0 Å². The summed E-state index contributed by atoms with van der Waals surface area (Å²) in [7, 11) is 0. The van der Waals surface area contributed by atoms with Crippen molar-refractivity contribution in [3.63, 3.8) is 0 Å². The monoisotopic (exact) mass is 159 g/mol. The summed E-state index contributed by atoms with van der Waals surface area (Å²) in [6.45, 7) is 7.62. The molecule has 1 rings (SSSR count). The molecule has 2 atom stereocenters. The zero-order valence-electron chi connectivity index (χ0n) is 6.48. The van der Waals surface area contributed by atoms with Gasteiger partial charge in [0.25, 0.3) is 5.92 Å². The second kappa shape index (κ2) is 2.77. The molecule has 1 aliphatic rings. The van der Waals surface area contributed by atoms with Crippen molar-refractivity contribution in [2.75, 3.05) is 0 Å². The molecule has 1 saturated carbocycles. The average molecular weight is 159 g/mol. The summed E-state index contributed by atoms with van der Waals surface area (Å²) in [5, 5.41) is 0. The smallest absolute Gasteiger partial charge is 0.255 e. The summed E-state index contributed by atoms with van der Waals surface area (Å²) in [6, 6.07) is -0.435. The molecule has 0 N–H and O–H groups in total. The van der Waals surface area contributed by atoms with Crippen molar-refractivity contribution in [1.29, 1.82) is 0 Å². The first-order chi connectivity index (χ1) is 5.05. The molecule has 0 bridgehead atoms. The molecule has 0 aromatic carbocycles. The minimum Gasteiger partial charge on any atom is -0.313 e. The molecule has 2 unspecified atom stereocenters. The van der Waals surface area contributed by atoms with E-state index in [-0.39, 0.29) is 0 Å². The van der Waals surface area contributed by atoms with Gasteiger partial charge in [0, 0.05) is 6.42 Å². The van der Waals surface area contributed by atoms with Crippen LogP contribution < -0.4 is 0 Å². The number of halogens is 2. The van der Waals surface area contributed by atoms with Crippen molar-refractivity contribution in [2.24, 2.45) is 5.92 Å². The molecule has 3 heteroatoms. The number of alkyl halides is 2. The van der Waals surface area contributed by atoms with E-state index in [1.165, 1.54) is 0 Å². The van der Waals surface area contributed by atoms with Crippen LogP contribution in [0.3, 0.4) is 0 Å². The van der Waals surface area contributed by atoms with Gasteiger partial charge in [0.15, 0.2) is 0 Å². The van der Waals surface area contributed by atoms with E-state index in [1.807, 2.05) is 0 Å². The van der Waals surface area contributed by atoms with Gasteiger partial charge in [-0.25, -0.2) is 15.4 Å². The Morgan fingerprint density at radius 1 is 1.45 bits per heavy atom. The minimum atomic E-state index is -2.66. The molecular weight excluding hydrogens is 148 g/mol. The van der Waals surface area contributed by atoms with E-state index in [9.17, 15) is 8.78 Å². The van der Waals surface area contributed by atoms with Gasteiger partial charge >= 0.3 is 0 Å². The average Bonchev–Trinajstić information content (AvgIpc) is 2.31. The Bertz CT molecular complexity index is 178. The van der Waals surface area contributed by atoms with Crippen LogP contribution in [-0.4, -0.2) is 12.0 Å². The molecule has 62 valence electrons. The maximum Gasteiger partial charge on any atom is 0.255 e. The topological polar surface area (TPSA) is 4.36 Å². The summed E-state index contributed by atoms with van der Waals surface area (Å²) in [6.07, 6.45) is 1.94. The highest BCUT2D eigenvalue weighted by Crippen LogP contribution is 2.39. The lowest BCUT2D eigenvalue weighted by Crippen LogP contribution is -2.28. The van der Waals surface area contributed by atoms with Crippen LogP contribution in [0.25, 0.3) is 4.85 Å². The van der Waals surface area contributed by atoms with E-state index < -0.39 is 17.9 Å². The fourth-order valence-corrected chi connectivity index (χ4v) is 1.69. The lowest BCUT2D eigenvalue weighted by atomic mass is 9.98. The molecular formula is C8H11F2N. The maximum atomic E-state index is 12.7. The Morgan fingerprint density at radius 3 is 2.45 bits per heavy atom. The quantitative estimate of drug-likeness (QED) is 0.518. The molecule has 1 aliphatic carbocycles. The maximum absolute atomic E-state index is 12.7. The number of rotatable bonds is 1. The van der Waals surface area contributed by atoms with Crippen LogP contribution in [0.4, 0.5) is 8.78 Å². The van der Waals surface area contributed by atoms with Crippen LogP contribution in [0.1, 0.15) is 26.2 Å². The van der Waals surface area contributed by atoms with Crippen molar-refractivity contribution in [3.05, 3.63) is 11.4 Å². The Kier molecular flexibility index (Phi) is 2.12. The van der Waals surface area contributed by atoms with E-state index in [4.69, 9.17) is 6.57 Å². The van der Waals surface area contributed by atoms with Gasteiger partial charge in [0.2, 0.25) is 6.04 Å². The molecule has 0 aromatic rings. The van der Waals surface area contributed by atoms with Gasteiger partial charge in [0.1, 0.15) is 0 Å². The zero-order chi connectivity index (χ0) is 8.48. The highest BCUT2D eigenvalue weighted by Gasteiger charge is 2.46. The van der Waals surface area contributed by atoms with E-state index in [0.29, 0.717) is 12.8 Å². The van der Waals surface area contributed by atoms with E-state index >= 15 is 0 Å². The third kappa shape index (κ3) is 1.68. The van der Waals surface area contributed by atoms with Crippen LogP contribution in [0.2, 0.25) is 0 Å². The fourth-order valence-electron chi connectivity index (χ4n) is 1.69. The number of hydrogen-bond acceptors (Lipinski definition) is 0. The second-order valence-electron chi connectivity index (χ2n) is 3.19. The predicted molar refractivity (Wildman–Crippen MR) is 38.4 cm³/mol. The van der Waals surface area contributed by atoms with Gasteiger partial charge in [-0.15, -0.1) is 0 Å². The molecule has 1 nitrogen and oxygen atoms in total. The fraction of sp³-hybridized carbons (Fsp3) is 0.875. The predicted octanol–water partition coefficient (Wildman–Crippen LogP) is 2.73. The minimum absolute atomic E-state index is 0.435. The zero-order valence-corrected chi connectivity index (χ0v) is 6.48. The third-order valence-electron chi connectivity index (χ3n) is 2.30. The van der Waals surface area contributed by atoms with Crippen molar-refractivity contribution in [2.45, 2.75) is 38.2 Å². The molecule has 11 heavy (non-hydrogen) atoms.